The van der Waals surface area contributed by atoms with Crippen LogP contribution in [0.2, 0.25) is 0 Å². The Morgan fingerprint density at radius 2 is 2.27 bits per heavy atom. The van der Waals surface area contributed by atoms with E-state index in [2.05, 4.69) is 9.97 Å². The average molecular weight is 147 g/mol. The Bertz CT molecular complexity index is 388. The molecule has 0 atom stereocenters. The Morgan fingerprint density at radius 1 is 1.36 bits per heavy atom. The smallest absolute Gasteiger partial charge is 0.291 e. The Hall–Kier alpha value is -1.71. The van der Waals surface area contributed by atoms with Crippen molar-refractivity contribution in [3.8, 4) is 0 Å². The van der Waals surface area contributed by atoms with Crippen molar-refractivity contribution in [3.63, 3.8) is 0 Å². The molecular weight excluding hydrogens is 142 g/mol. The van der Waals surface area contributed by atoms with Gasteiger partial charge in [0.1, 0.15) is 6.20 Å². The highest BCUT2D eigenvalue weighted by molar-refractivity contribution is 5.71. The van der Waals surface area contributed by atoms with Gasteiger partial charge in [-0.1, -0.05) is 0 Å². The van der Waals surface area contributed by atoms with E-state index in [1.54, 1.807) is 18.3 Å². The highest BCUT2D eigenvalue weighted by Gasteiger charge is 1.98. The van der Waals surface area contributed by atoms with Crippen LogP contribution in [-0.4, -0.2) is 9.97 Å². The molecule has 0 spiro atoms. The molecule has 4 heteroatoms. The number of rotatable bonds is 0. The van der Waals surface area contributed by atoms with Crippen molar-refractivity contribution in [2.24, 2.45) is 0 Å². The van der Waals surface area contributed by atoms with Crippen molar-refractivity contribution in [1.82, 2.24) is 9.97 Å². The molecule has 0 aliphatic rings. The predicted molar refractivity (Wildman–Crippen MR) is 38.5 cm³/mol. The van der Waals surface area contributed by atoms with Gasteiger partial charge in [-0.2, -0.15) is 0 Å². The Kier molecular flexibility index (Phi) is 1.18. The van der Waals surface area contributed by atoms with Crippen LogP contribution in [0.3, 0.4) is 0 Å². The Balaban J connectivity index is 2.83. The van der Waals surface area contributed by atoms with Crippen LogP contribution in [0.25, 0.3) is 11.0 Å². The predicted octanol–water partition coefficient (Wildman–Crippen LogP) is 0.263. The lowest BCUT2D eigenvalue weighted by atomic mass is 10.3. The van der Waals surface area contributed by atoms with Crippen LogP contribution >= 0.6 is 0 Å². The largest absolute Gasteiger partial charge is 0.711 e. The molecule has 0 amide bonds. The van der Waals surface area contributed by atoms with Gasteiger partial charge in [0, 0.05) is 6.20 Å². The van der Waals surface area contributed by atoms with Crippen molar-refractivity contribution in [1.29, 1.82) is 0 Å². The van der Waals surface area contributed by atoms with Gasteiger partial charge in [-0.3, -0.25) is 0 Å². The molecule has 11 heavy (non-hydrogen) atoms. The first-order chi connectivity index (χ1) is 5.36. The van der Waals surface area contributed by atoms with Crippen LogP contribution in [0.1, 0.15) is 0 Å². The number of aromatic nitrogens is 3. The van der Waals surface area contributed by atoms with Crippen molar-refractivity contribution in [2.75, 3.05) is 0 Å². The fraction of sp³-hybridized carbons (Fsp3) is 0. The van der Waals surface area contributed by atoms with E-state index in [-0.39, 0.29) is 0 Å². The third-order valence-corrected chi connectivity index (χ3v) is 1.38. The van der Waals surface area contributed by atoms with Gasteiger partial charge < -0.3 is 5.21 Å². The SMILES string of the molecule is [O-][n+]1cnc2ncccc2c1. The second-order valence-corrected chi connectivity index (χ2v) is 2.15. The molecule has 2 heterocycles. The van der Waals surface area contributed by atoms with Gasteiger partial charge >= 0.3 is 0 Å². The van der Waals surface area contributed by atoms with E-state index in [9.17, 15) is 5.21 Å². The number of hydrogen-bond donors (Lipinski definition) is 0. The lowest BCUT2D eigenvalue weighted by Crippen LogP contribution is -2.25. The normalized spacial score (nSPS) is 10.2. The molecule has 0 saturated carbocycles. The lowest BCUT2D eigenvalue weighted by Gasteiger charge is -1.97. The zero-order chi connectivity index (χ0) is 7.68. The maximum Gasteiger partial charge on any atom is 0.291 e. The van der Waals surface area contributed by atoms with Crippen LogP contribution in [0.4, 0.5) is 0 Å². The van der Waals surface area contributed by atoms with Gasteiger partial charge in [0.15, 0.2) is 0 Å². The molecule has 2 aromatic heterocycles. The van der Waals surface area contributed by atoms with Crippen LogP contribution in [0, 0.1) is 5.21 Å². The first-order valence-corrected chi connectivity index (χ1v) is 3.16. The van der Waals surface area contributed by atoms with E-state index < -0.39 is 0 Å². The molecular formula is C7H5N3O. The summed E-state index contributed by atoms with van der Waals surface area (Å²) in [7, 11) is 0. The highest BCUT2D eigenvalue weighted by Crippen LogP contribution is 2.01. The highest BCUT2D eigenvalue weighted by atomic mass is 16.5. The van der Waals surface area contributed by atoms with E-state index in [4.69, 9.17) is 0 Å². The zero-order valence-electron chi connectivity index (χ0n) is 5.64. The minimum absolute atomic E-state index is 0.597. The lowest BCUT2D eigenvalue weighted by molar-refractivity contribution is -0.607. The molecule has 4 nitrogen and oxygen atoms in total. The van der Waals surface area contributed by atoms with E-state index in [0.29, 0.717) is 10.4 Å². The molecule has 0 saturated heterocycles. The molecule has 54 valence electrons. The van der Waals surface area contributed by atoms with Crippen LogP contribution < -0.4 is 4.73 Å². The molecule has 0 unspecified atom stereocenters. The maximum atomic E-state index is 10.7. The first-order valence-electron chi connectivity index (χ1n) is 3.16. The van der Waals surface area contributed by atoms with Gasteiger partial charge in [0.2, 0.25) is 0 Å². The summed E-state index contributed by atoms with van der Waals surface area (Å²) in [5.74, 6) is 0. The zero-order valence-corrected chi connectivity index (χ0v) is 5.64. The van der Waals surface area contributed by atoms with Gasteiger partial charge in [0.25, 0.3) is 12.0 Å². The van der Waals surface area contributed by atoms with Crippen molar-refractivity contribution < 1.29 is 4.73 Å². The van der Waals surface area contributed by atoms with Gasteiger partial charge in [0.05, 0.1) is 5.39 Å². The summed E-state index contributed by atoms with van der Waals surface area (Å²) in [5, 5.41) is 11.5. The van der Waals surface area contributed by atoms with E-state index in [1.807, 2.05) is 0 Å². The standard InChI is InChI=1S/C7H5N3O/c11-10-4-6-2-1-3-8-7(6)9-5-10/h1-5H. The minimum atomic E-state index is 0.597. The van der Waals surface area contributed by atoms with Crippen molar-refractivity contribution >= 4 is 11.0 Å². The molecule has 2 rings (SSSR count). The molecule has 2 aromatic rings. The van der Waals surface area contributed by atoms with Crippen molar-refractivity contribution in [2.45, 2.75) is 0 Å². The molecule has 0 aromatic carbocycles. The Morgan fingerprint density at radius 3 is 3.18 bits per heavy atom. The van der Waals surface area contributed by atoms with E-state index in [1.165, 1.54) is 12.5 Å². The van der Waals surface area contributed by atoms with Gasteiger partial charge in [-0.15, -0.1) is 0 Å². The number of hydrogen-bond acceptors (Lipinski definition) is 3. The van der Waals surface area contributed by atoms with Crippen LogP contribution in [-0.2, 0) is 0 Å². The monoisotopic (exact) mass is 147 g/mol. The second kappa shape index (κ2) is 2.16. The molecule has 0 aliphatic heterocycles. The van der Waals surface area contributed by atoms with Crippen LogP contribution in [0.5, 0.6) is 0 Å². The molecule has 0 N–H and O–H groups in total. The van der Waals surface area contributed by atoms with Gasteiger partial charge in [-0.05, 0) is 17.1 Å². The summed E-state index contributed by atoms with van der Waals surface area (Å²) in [4.78, 5) is 7.78. The second-order valence-electron chi connectivity index (χ2n) is 2.15. The third kappa shape index (κ3) is 0.980. The molecule has 0 radical (unpaired) electrons. The summed E-state index contributed by atoms with van der Waals surface area (Å²) in [6, 6.07) is 3.56. The fourth-order valence-corrected chi connectivity index (χ4v) is 0.900. The van der Waals surface area contributed by atoms with E-state index >= 15 is 0 Å². The maximum absolute atomic E-state index is 10.7. The number of fused-ring (bicyclic) bond motifs is 1. The summed E-state index contributed by atoms with van der Waals surface area (Å²) < 4.78 is 0.657. The van der Waals surface area contributed by atoms with E-state index in [0.717, 1.165) is 5.39 Å². The average Bonchev–Trinajstić information content (AvgIpc) is 2.04. The van der Waals surface area contributed by atoms with Crippen LogP contribution in [0.15, 0.2) is 30.9 Å². The Labute approximate surface area is 62.7 Å². The topological polar surface area (TPSA) is 52.7 Å². The molecule has 0 fully saturated rings. The van der Waals surface area contributed by atoms with Crippen molar-refractivity contribution in [3.05, 3.63) is 36.1 Å². The number of pyridine rings is 1. The quantitative estimate of drug-likeness (QED) is 0.397. The minimum Gasteiger partial charge on any atom is -0.711 e. The first kappa shape index (κ1) is 6.03. The van der Waals surface area contributed by atoms with Gasteiger partial charge in [-0.25, -0.2) is 9.71 Å². The summed E-state index contributed by atoms with van der Waals surface area (Å²) in [6.07, 6.45) is 4.27. The summed E-state index contributed by atoms with van der Waals surface area (Å²) >= 11 is 0. The fourth-order valence-electron chi connectivity index (χ4n) is 0.900. The molecule has 0 aliphatic carbocycles. The molecule has 0 bridgehead atoms. The summed E-state index contributed by atoms with van der Waals surface area (Å²) in [5.41, 5.74) is 0.597. The summed E-state index contributed by atoms with van der Waals surface area (Å²) in [6.45, 7) is 0. The number of nitrogens with zero attached hydrogens (tertiary/aromatic N) is 3. The third-order valence-electron chi connectivity index (χ3n) is 1.38.